The Hall–Kier alpha value is -1.52. The van der Waals surface area contributed by atoms with Gasteiger partial charge in [-0.25, -0.2) is 13.6 Å². The van der Waals surface area contributed by atoms with Gasteiger partial charge in [0.05, 0.1) is 12.8 Å². The maximum Gasteiger partial charge on any atom is 0.348 e. The quantitative estimate of drug-likeness (QED) is 0.690. The number of ether oxygens (including phenoxy) is 1. The van der Waals surface area contributed by atoms with E-state index >= 15 is 0 Å². The van der Waals surface area contributed by atoms with Crippen molar-refractivity contribution in [3.63, 3.8) is 0 Å². The zero-order valence-electron chi connectivity index (χ0n) is 8.74. The molecule has 0 N–H and O–H groups in total. The molecule has 0 radical (unpaired) electrons. The number of hydrogen-bond donors (Lipinski definition) is 0. The zero-order chi connectivity index (χ0) is 11.8. The maximum absolute atomic E-state index is 14.5. The molecule has 5 heteroatoms. The van der Waals surface area contributed by atoms with Crippen molar-refractivity contribution in [3.8, 4) is 0 Å². The lowest BCUT2D eigenvalue weighted by Gasteiger charge is -2.30. The van der Waals surface area contributed by atoms with Crippen LogP contribution in [0.25, 0.3) is 0 Å². The Labute approximate surface area is 91.4 Å². The molecule has 0 fully saturated rings. The lowest BCUT2D eigenvalue weighted by Crippen LogP contribution is -2.36. The van der Waals surface area contributed by atoms with Crippen LogP contribution in [0, 0.1) is 0 Å². The fourth-order valence-electron chi connectivity index (χ4n) is 1.97. The Morgan fingerprint density at radius 2 is 2.44 bits per heavy atom. The Morgan fingerprint density at radius 1 is 1.69 bits per heavy atom. The number of hydrogen-bond acceptors (Lipinski definition) is 3. The first-order valence-corrected chi connectivity index (χ1v) is 4.96. The Balaban J connectivity index is 2.53. The highest BCUT2D eigenvalue weighted by molar-refractivity contribution is 5.81. The third-order valence-electron chi connectivity index (χ3n) is 2.81. The molecule has 0 amide bonds. The molecule has 2 atom stereocenters. The van der Waals surface area contributed by atoms with Crippen molar-refractivity contribution in [2.24, 2.45) is 0 Å². The molecule has 86 valence electrons. The summed E-state index contributed by atoms with van der Waals surface area (Å²) in [4.78, 5) is 15.2. The monoisotopic (exact) mass is 227 g/mol. The van der Waals surface area contributed by atoms with E-state index in [2.05, 4.69) is 9.72 Å². The van der Waals surface area contributed by atoms with Gasteiger partial charge >= 0.3 is 5.97 Å². The molecule has 0 unspecified atom stereocenters. The van der Waals surface area contributed by atoms with Crippen molar-refractivity contribution in [2.45, 2.75) is 24.7 Å². The van der Waals surface area contributed by atoms with E-state index in [4.69, 9.17) is 0 Å². The summed E-state index contributed by atoms with van der Waals surface area (Å²) in [6.07, 6.45) is -0.200. The molecule has 3 nitrogen and oxygen atoms in total. The first-order chi connectivity index (χ1) is 7.59. The normalized spacial score (nSPS) is 28.3. The number of nitrogens with zero attached hydrogens (tertiary/aromatic N) is 1. The third kappa shape index (κ3) is 1.47. The predicted octanol–water partition coefficient (Wildman–Crippen LogP) is 2.22. The zero-order valence-corrected chi connectivity index (χ0v) is 8.74. The van der Waals surface area contributed by atoms with Gasteiger partial charge in [0.15, 0.2) is 0 Å². The third-order valence-corrected chi connectivity index (χ3v) is 2.81. The molecule has 1 aliphatic rings. The van der Waals surface area contributed by atoms with Gasteiger partial charge in [-0.2, -0.15) is 0 Å². The number of carbonyl (C=O) groups is 1. The SMILES string of the molecule is COC(=O)[C@]1(F)CC[C@H](F)c2ncccc21. The molecule has 0 bridgehead atoms. The van der Waals surface area contributed by atoms with Crippen molar-refractivity contribution < 1.29 is 18.3 Å². The molecule has 2 rings (SSSR count). The lowest BCUT2D eigenvalue weighted by molar-refractivity contribution is -0.157. The molecule has 0 saturated heterocycles. The van der Waals surface area contributed by atoms with Gasteiger partial charge in [-0.1, -0.05) is 6.07 Å². The molecular weight excluding hydrogens is 216 g/mol. The summed E-state index contributed by atoms with van der Waals surface area (Å²) in [5.74, 6) is -0.992. The fraction of sp³-hybridized carbons (Fsp3) is 0.455. The number of methoxy groups -OCH3 is 1. The summed E-state index contributed by atoms with van der Waals surface area (Å²) >= 11 is 0. The second-order valence-corrected chi connectivity index (χ2v) is 3.74. The molecule has 1 aromatic heterocycles. The van der Waals surface area contributed by atoms with Gasteiger partial charge in [-0.3, -0.25) is 4.98 Å². The molecule has 0 saturated carbocycles. The van der Waals surface area contributed by atoms with E-state index in [-0.39, 0.29) is 24.1 Å². The number of pyridine rings is 1. The van der Waals surface area contributed by atoms with Gasteiger partial charge in [0, 0.05) is 11.8 Å². The van der Waals surface area contributed by atoms with E-state index in [9.17, 15) is 13.6 Å². The van der Waals surface area contributed by atoms with Gasteiger partial charge in [-0.15, -0.1) is 0 Å². The number of aromatic nitrogens is 1. The van der Waals surface area contributed by atoms with Crippen molar-refractivity contribution in [1.82, 2.24) is 4.98 Å². The second-order valence-electron chi connectivity index (χ2n) is 3.74. The minimum absolute atomic E-state index is 0.00153. The molecule has 0 aliphatic heterocycles. The van der Waals surface area contributed by atoms with Crippen LogP contribution in [-0.4, -0.2) is 18.1 Å². The van der Waals surface area contributed by atoms with Crippen molar-refractivity contribution in [3.05, 3.63) is 29.6 Å². The van der Waals surface area contributed by atoms with Crippen LogP contribution in [0.4, 0.5) is 8.78 Å². The fourth-order valence-corrected chi connectivity index (χ4v) is 1.97. The van der Waals surface area contributed by atoms with Crippen LogP contribution in [-0.2, 0) is 15.2 Å². The van der Waals surface area contributed by atoms with E-state index < -0.39 is 17.8 Å². The van der Waals surface area contributed by atoms with Crippen LogP contribution >= 0.6 is 0 Å². The van der Waals surface area contributed by atoms with Gasteiger partial charge < -0.3 is 4.74 Å². The van der Waals surface area contributed by atoms with Crippen molar-refractivity contribution in [2.75, 3.05) is 7.11 Å². The highest BCUT2D eigenvalue weighted by Crippen LogP contribution is 2.44. The van der Waals surface area contributed by atoms with Crippen LogP contribution in [0.15, 0.2) is 18.3 Å². The molecule has 16 heavy (non-hydrogen) atoms. The standard InChI is InChI=1S/C11H11F2NO2/c1-16-10(15)11(13)5-4-8(12)9-7(11)3-2-6-14-9/h2-3,6,8H,4-5H2,1H3/t8-,11-/m0/s1. The Kier molecular flexibility index (Phi) is 2.61. The molecular formula is C11H11F2NO2. The van der Waals surface area contributed by atoms with Crippen LogP contribution < -0.4 is 0 Å². The summed E-state index contributed by atoms with van der Waals surface area (Å²) in [7, 11) is 1.11. The number of rotatable bonds is 1. The van der Waals surface area contributed by atoms with Gasteiger partial charge in [0.2, 0.25) is 5.67 Å². The molecule has 0 spiro atoms. The number of alkyl halides is 2. The number of esters is 1. The van der Waals surface area contributed by atoms with Gasteiger partial charge in [0.25, 0.3) is 0 Å². The first-order valence-electron chi connectivity index (χ1n) is 4.96. The van der Waals surface area contributed by atoms with Crippen molar-refractivity contribution >= 4 is 5.97 Å². The molecule has 1 heterocycles. The Morgan fingerprint density at radius 3 is 3.12 bits per heavy atom. The summed E-state index contributed by atoms with van der Waals surface area (Å²) < 4.78 is 32.4. The van der Waals surface area contributed by atoms with Crippen LogP contribution in [0.5, 0.6) is 0 Å². The van der Waals surface area contributed by atoms with Crippen LogP contribution in [0.3, 0.4) is 0 Å². The average molecular weight is 227 g/mol. The molecule has 1 aliphatic carbocycles. The van der Waals surface area contributed by atoms with Gasteiger partial charge in [-0.05, 0) is 18.9 Å². The van der Waals surface area contributed by atoms with Crippen LogP contribution in [0.1, 0.15) is 30.3 Å². The largest absolute Gasteiger partial charge is 0.466 e. The van der Waals surface area contributed by atoms with E-state index in [0.717, 1.165) is 7.11 Å². The number of halogens is 2. The van der Waals surface area contributed by atoms with Crippen LogP contribution in [0.2, 0.25) is 0 Å². The highest BCUT2D eigenvalue weighted by atomic mass is 19.1. The Bertz CT molecular complexity index is 424. The summed E-state index contributed by atoms with van der Waals surface area (Å²) in [5.41, 5.74) is -2.27. The maximum atomic E-state index is 14.5. The minimum atomic E-state index is -2.26. The van der Waals surface area contributed by atoms with E-state index in [0.29, 0.717) is 0 Å². The first kappa shape index (κ1) is 11.0. The predicted molar refractivity (Wildman–Crippen MR) is 52.1 cm³/mol. The molecule has 1 aromatic rings. The number of carbonyl (C=O) groups excluding carboxylic acids is 1. The summed E-state index contributed by atoms with van der Waals surface area (Å²) in [6.45, 7) is 0. The van der Waals surface area contributed by atoms with Crippen molar-refractivity contribution in [1.29, 1.82) is 0 Å². The van der Waals surface area contributed by atoms with Gasteiger partial charge in [0.1, 0.15) is 6.17 Å². The van der Waals surface area contributed by atoms with E-state index in [1.807, 2.05) is 0 Å². The van der Waals surface area contributed by atoms with E-state index in [1.165, 1.54) is 18.3 Å². The molecule has 0 aromatic carbocycles. The lowest BCUT2D eigenvalue weighted by atomic mass is 9.82. The second kappa shape index (κ2) is 3.81. The topological polar surface area (TPSA) is 39.2 Å². The smallest absolute Gasteiger partial charge is 0.348 e. The van der Waals surface area contributed by atoms with E-state index in [1.54, 1.807) is 0 Å². The summed E-state index contributed by atoms with van der Waals surface area (Å²) in [6, 6.07) is 2.86. The minimum Gasteiger partial charge on any atom is -0.466 e. The summed E-state index contributed by atoms with van der Waals surface area (Å²) in [5, 5.41) is 0. The number of fused-ring (bicyclic) bond motifs is 1. The highest BCUT2D eigenvalue weighted by Gasteiger charge is 2.48. The average Bonchev–Trinajstić information content (AvgIpc) is 2.33.